The smallest absolute Gasteiger partial charge is 0.363 e. The van der Waals surface area contributed by atoms with Gasteiger partial charge >= 0.3 is 5.82 Å². The van der Waals surface area contributed by atoms with E-state index in [9.17, 15) is 18.9 Å². The third-order valence-electron chi connectivity index (χ3n) is 7.55. The average Bonchev–Trinajstić information content (AvgIpc) is 2.96. The summed E-state index contributed by atoms with van der Waals surface area (Å²) in [4.78, 5) is 25.7. The van der Waals surface area contributed by atoms with Crippen LogP contribution in [0, 0.1) is 21.7 Å². The molecule has 6 rings (SSSR count). The van der Waals surface area contributed by atoms with E-state index in [1.807, 2.05) is 23.1 Å². The van der Waals surface area contributed by atoms with Gasteiger partial charge in [-0.1, -0.05) is 6.07 Å². The molecule has 3 aromatic rings. The molecule has 1 aromatic carbocycles. The normalized spacial score (nSPS) is 18.4. The van der Waals surface area contributed by atoms with E-state index in [-0.39, 0.29) is 24.2 Å². The lowest BCUT2D eigenvalue weighted by molar-refractivity contribution is -0.389. The minimum Gasteiger partial charge on any atom is -0.486 e. The fourth-order valence-corrected chi connectivity index (χ4v) is 5.75. The molecule has 0 saturated carbocycles. The second-order valence-corrected chi connectivity index (χ2v) is 10.1. The maximum absolute atomic E-state index is 14.4. The Morgan fingerprint density at radius 2 is 2.05 bits per heavy atom. The van der Waals surface area contributed by atoms with Gasteiger partial charge in [0, 0.05) is 50.7 Å². The van der Waals surface area contributed by atoms with E-state index in [4.69, 9.17) is 4.74 Å². The predicted octanol–water partition coefficient (Wildman–Crippen LogP) is 4.47. The second-order valence-electron chi connectivity index (χ2n) is 10.1. The Labute approximate surface area is 224 Å². The van der Waals surface area contributed by atoms with Gasteiger partial charge in [0.1, 0.15) is 6.61 Å². The van der Waals surface area contributed by atoms with Crippen molar-refractivity contribution in [1.29, 1.82) is 0 Å². The van der Waals surface area contributed by atoms with E-state index >= 15 is 0 Å². The van der Waals surface area contributed by atoms with Crippen LogP contribution >= 0.6 is 0 Å². The molecule has 0 radical (unpaired) electrons. The van der Waals surface area contributed by atoms with Crippen molar-refractivity contribution in [2.75, 3.05) is 42.6 Å². The summed E-state index contributed by atoms with van der Waals surface area (Å²) in [6.07, 6.45) is 7.84. The van der Waals surface area contributed by atoms with Crippen molar-refractivity contribution in [2.24, 2.45) is 0 Å². The fraction of sp³-hybridized carbons (Fsp3) is 0.357. The minimum absolute atomic E-state index is 0.00322. The summed E-state index contributed by atoms with van der Waals surface area (Å²) in [6, 6.07) is 10.5. The molecule has 1 atom stereocenters. The Bertz CT molecular complexity index is 1400. The van der Waals surface area contributed by atoms with Crippen molar-refractivity contribution in [3.8, 4) is 5.75 Å². The highest BCUT2D eigenvalue weighted by atomic mass is 19.2. The van der Waals surface area contributed by atoms with Crippen molar-refractivity contribution >= 4 is 17.2 Å². The summed E-state index contributed by atoms with van der Waals surface area (Å²) >= 11 is 0. The number of ether oxygens (including phenoxy) is 1. The van der Waals surface area contributed by atoms with Crippen molar-refractivity contribution < 1.29 is 18.4 Å². The van der Waals surface area contributed by atoms with Gasteiger partial charge < -0.3 is 24.7 Å². The van der Waals surface area contributed by atoms with Gasteiger partial charge in [0.05, 0.1) is 23.6 Å². The largest absolute Gasteiger partial charge is 0.486 e. The summed E-state index contributed by atoms with van der Waals surface area (Å²) in [7, 11) is 0. The lowest BCUT2D eigenvalue weighted by Crippen LogP contribution is -2.49. The number of halogens is 2. The number of nitrogens with zero attached hydrogens (tertiary/aromatic N) is 6. The third kappa shape index (κ3) is 5.14. The number of hydrogen-bond donors (Lipinski definition) is 0. The lowest BCUT2D eigenvalue weighted by Gasteiger charge is -2.41. The zero-order valence-electron chi connectivity index (χ0n) is 21.3. The Morgan fingerprint density at radius 3 is 2.82 bits per heavy atom. The van der Waals surface area contributed by atoms with Gasteiger partial charge in [-0.25, -0.2) is 4.39 Å². The first kappa shape index (κ1) is 25.2. The average molecular weight is 535 g/mol. The number of nitro groups is 1. The van der Waals surface area contributed by atoms with Gasteiger partial charge in [-0.05, 0) is 64.6 Å². The molecule has 0 spiro atoms. The molecule has 5 heterocycles. The molecular formula is C28H28F2N6O3. The van der Waals surface area contributed by atoms with Crippen molar-refractivity contribution in [3.05, 3.63) is 93.6 Å². The molecule has 0 aliphatic carbocycles. The molecule has 0 N–H and O–H groups in total. The molecule has 9 nitrogen and oxygen atoms in total. The summed E-state index contributed by atoms with van der Waals surface area (Å²) in [5, 5.41) is 11.0. The number of aromatic nitrogens is 2. The number of hydrogen-bond acceptors (Lipinski definition) is 8. The molecule has 11 heteroatoms. The first-order valence-electron chi connectivity index (χ1n) is 13.1. The molecule has 0 unspecified atom stereocenters. The highest BCUT2D eigenvalue weighted by Crippen LogP contribution is 2.42. The van der Waals surface area contributed by atoms with Crippen LogP contribution in [-0.2, 0) is 13.0 Å². The van der Waals surface area contributed by atoms with E-state index in [0.717, 1.165) is 48.4 Å². The van der Waals surface area contributed by atoms with E-state index < -0.39 is 16.6 Å². The Balaban J connectivity index is 1.26. The minimum atomic E-state index is -0.935. The number of pyridine rings is 2. The van der Waals surface area contributed by atoms with Crippen LogP contribution in [0.5, 0.6) is 5.75 Å². The van der Waals surface area contributed by atoms with Gasteiger partial charge in [-0.2, -0.15) is 4.39 Å². The van der Waals surface area contributed by atoms with Crippen molar-refractivity contribution in [3.63, 3.8) is 0 Å². The Kier molecular flexibility index (Phi) is 6.82. The predicted molar refractivity (Wildman–Crippen MR) is 142 cm³/mol. The maximum Gasteiger partial charge on any atom is 0.363 e. The molecule has 0 bridgehead atoms. The maximum atomic E-state index is 14.4. The third-order valence-corrected chi connectivity index (χ3v) is 7.55. The van der Waals surface area contributed by atoms with Gasteiger partial charge in [0.2, 0.25) is 5.82 Å². The fourth-order valence-electron chi connectivity index (χ4n) is 5.75. The lowest BCUT2D eigenvalue weighted by atomic mass is 9.96. The molecule has 202 valence electrons. The zero-order valence-corrected chi connectivity index (χ0v) is 21.3. The van der Waals surface area contributed by atoms with Crippen LogP contribution in [-0.4, -0.2) is 58.6 Å². The van der Waals surface area contributed by atoms with Crippen LogP contribution in [0.25, 0.3) is 0 Å². The highest BCUT2D eigenvalue weighted by molar-refractivity contribution is 5.70. The molecule has 2 aromatic heterocycles. The van der Waals surface area contributed by atoms with E-state index in [1.54, 1.807) is 18.5 Å². The van der Waals surface area contributed by atoms with Crippen LogP contribution in [0.1, 0.15) is 24.1 Å². The second kappa shape index (κ2) is 10.6. The van der Waals surface area contributed by atoms with Gasteiger partial charge in [0.15, 0.2) is 17.8 Å². The number of benzene rings is 1. The topological polar surface area (TPSA) is 87.9 Å². The molecule has 3 aliphatic rings. The zero-order chi connectivity index (χ0) is 26.9. The summed E-state index contributed by atoms with van der Waals surface area (Å²) < 4.78 is 34.3. The van der Waals surface area contributed by atoms with Gasteiger partial charge in [0.25, 0.3) is 0 Å². The first-order valence-corrected chi connectivity index (χ1v) is 13.1. The van der Waals surface area contributed by atoms with Crippen LogP contribution < -0.4 is 14.5 Å². The molecule has 0 amide bonds. The first-order chi connectivity index (χ1) is 19.0. The molecule has 1 fully saturated rings. The number of rotatable bonds is 7. The number of piperidine rings is 1. The molecule has 1 saturated heterocycles. The van der Waals surface area contributed by atoms with Crippen LogP contribution in [0.3, 0.4) is 0 Å². The van der Waals surface area contributed by atoms with E-state index in [1.165, 1.54) is 12.1 Å². The molecule has 39 heavy (non-hydrogen) atoms. The van der Waals surface area contributed by atoms with Crippen LogP contribution in [0.2, 0.25) is 0 Å². The van der Waals surface area contributed by atoms with Crippen molar-refractivity contribution in [1.82, 2.24) is 14.9 Å². The van der Waals surface area contributed by atoms with Crippen LogP contribution in [0.15, 0.2) is 60.6 Å². The molecule has 3 aliphatic heterocycles. The number of anilines is 2. The summed E-state index contributed by atoms with van der Waals surface area (Å²) in [5.41, 5.74) is 4.25. The SMILES string of the molecule is O=[N+]([O-])c1ccc(N2CCC[C@H](N(CC3=CN4CCOc5c(F)c(F)cc(c54)C3)Cc3ccccn3)C2)cn1. The summed E-state index contributed by atoms with van der Waals surface area (Å²) in [5.74, 6) is -2.00. The quantitative estimate of drug-likeness (QED) is 0.324. The van der Waals surface area contributed by atoms with E-state index in [2.05, 4.69) is 26.0 Å². The van der Waals surface area contributed by atoms with Gasteiger partial charge in [-0.3, -0.25) is 9.88 Å². The summed E-state index contributed by atoms with van der Waals surface area (Å²) in [6.45, 7) is 3.70. The standard InChI is InChI=1S/C28H28F2N6O3/c29-24-13-20-12-19(15-34-10-11-39-28(26(24)30)27(20)34)16-35(17-21-4-1-2-8-31-21)23-5-3-9-33(18-23)22-6-7-25(32-14-22)36(37)38/h1-2,4,6-8,13-15,23H,3,5,9-12,16-18H2/t23-/m0/s1. The van der Waals surface area contributed by atoms with E-state index in [0.29, 0.717) is 31.7 Å². The monoisotopic (exact) mass is 534 g/mol. The Hall–Kier alpha value is -4.12. The molecular weight excluding hydrogens is 506 g/mol. The van der Waals surface area contributed by atoms with Gasteiger partial charge in [-0.15, -0.1) is 0 Å². The Morgan fingerprint density at radius 1 is 1.15 bits per heavy atom. The highest BCUT2D eigenvalue weighted by Gasteiger charge is 2.32. The van der Waals surface area contributed by atoms with Crippen molar-refractivity contribution in [2.45, 2.75) is 31.8 Å². The van der Waals surface area contributed by atoms with Crippen LogP contribution in [0.4, 0.5) is 26.0 Å².